The number of anilines is 3. The van der Waals surface area contributed by atoms with E-state index in [1.54, 1.807) is 0 Å². The Hall–Kier alpha value is -10.0. The summed E-state index contributed by atoms with van der Waals surface area (Å²) in [6.45, 7) is 0. The number of aromatic nitrogens is 1. The summed E-state index contributed by atoms with van der Waals surface area (Å²) in [5.74, 6) is 0. The second-order valence-electron chi connectivity index (χ2n) is 20.7. The lowest BCUT2D eigenvalue weighted by Gasteiger charge is -2.30. The van der Waals surface area contributed by atoms with E-state index >= 15 is 0 Å². The van der Waals surface area contributed by atoms with Gasteiger partial charge in [0.05, 0.1) is 16.4 Å². The molecule has 2 aliphatic carbocycles. The molecule has 2 aliphatic rings. The van der Waals surface area contributed by atoms with Crippen molar-refractivity contribution in [3.63, 3.8) is 0 Å². The summed E-state index contributed by atoms with van der Waals surface area (Å²) in [6.07, 6.45) is 0. The first-order chi connectivity index (χ1) is 38.2. The Bertz CT molecular complexity index is 4540. The maximum Gasteiger partial charge on any atom is 0.0725 e. The first kappa shape index (κ1) is 43.4. The van der Waals surface area contributed by atoms with Crippen molar-refractivity contribution < 1.29 is 0 Å². The lowest BCUT2D eigenvalue weighted by Crippen LogP contribution is -2.25. The molecule has 13 aromatic carbocycles. The fourth-order valence-electron chi connectivity index (χ4n) is 13.6. The zero-order valence-electron chi connectivity index (χ0n) is 42.1. The highest BCUT2D eigenvalue weighted by molar-refractivity contribution is 6.21. The molecule has 358 valence electrons. The van der Waals surface area contributed by atoms with E-state index in [-0.39, 0.29) is 0 Å². The molecule has 0 saturated heterocycles. The Kier molecular flexibility index (Phi) is 9.58. The average Bonchev–Trinajstić information content (AvgIpc) is 4.30. The third kappa shape index (κ3) is 6.37. The van der Waals surface area contributed by atoms with E-state index < -0.39 is 5.41 Å². The number of nitrogens with zero attached hydrogens (tertiary/aromatic N) is 2. The Balaban J connectivity index is 0.863. The van der Waals surface area contributed by atoms with E-state index in [4.69, 9.17) is 0 Å². The van der Waals surface area contributed by atoms with Crippen LogP contribution in [0.5, 0.6) is 0 Å². The average molecular weight is 977 g/mol. The van der Waals surface area contributed by atoms with E-state index in [2.05, 4.69) is 301 Å². The predicted octanol–water partition coefficient (Wildman–Crippen LogP) is 19.9. The molecule has 0 aliphatic heterocycles. The summed E-state index contributed by atoms with van der Waals surface area (Å²) in [5, 5.41) is 7.40. The lowest BCUT2D eigenvalue weighted by atomic mass is 9.70. The van der Waals surface area contributed by atoms with Crippen molar-refractivity contribution >= 4 is 60.4 Å². The minimum Gasteiger partial charge on any atom is -0.310 e. The van der Waals surface area contributed by atoms with Crippen LogP contribution in [0.15, 0.2) is 291 Å². The summed E-state index contributed by atoms with van der Waals surface area (Å²) >= 11 is 0. The molecule has 2 nitrogen and oxygen atoms in total. The third-order valence-electron chi connectivity index (χ3n) is 16.8. The molecular weight excluding hydrogens is 929 g/mol. The van der Waals surface area contributed by atoms with Gasteiger partial charge in [0.25, 0.3) is 0 Å². The van der Waals surface area contributed by atoms with Gasteiger partial charge < -0.3 is 9.47 Å². The van der Waals surface area contributed by atoms with Crippen LogP contribution < -0.4 is 4.90 Å². The number of hydrogen-bond acceptors (Lipinski definition) is 1. The van der Waals surface area contributed by atoms with Crippen molar-refractivity contribution in [2.24, 2.45) is 0 Å². The van der Waals surface area contributed by atoms with Gasteiger partial charge in [-0.2, -0.15) is 0 Å². The lowest BCUT2D eigenvalue weighted by molar-refractivity contribution is 0.794. The van der Waals surface area contributed by atoms with Crippen LogP contribution in [0.2, 0.25) is 0 Å². The third-order valence-corrected chi connectivity index (χ3v) is 16.8. The van der Waals surface area contributed by atoms with E-state index in [9.17, 15) is 0 Å². The summed E-state index contributed by atoms with van der Waals surface area (Å²) in [4.78, 5) is 2.41. The molecule has 77 heavy (non-hydrogen) atoms. The van der Waals surface area contributed by atoms with E-state index in [0.717, 1.165) is 28.3 Å². The van der Waals surface area contributed by atoms with Crippen LogP contribution >= 0.6 is 0 Å². The number of fused-ring (bicyclic) bond motifs is 15. The van der Waals surface area contributed by atoms with Gasteiger partial charge in [-0.1, -0.05) is 218 Å². The van der Waals surface area contributed by atoms with Crippen LogP contribution in [-0.4, -0.2) is 4.57 Å². The minimum absolute atomic E-state index is 0.412. The van der Waals surface area contributed by atoms with Crippen molar-refractivity contribution in [3.05, 3.63) is 313 Å². The SMILES string of the molecule is c1ccc(-c2c3ccccc3c(-c3ccc(N(c4ccccc4)c4ccc5c(c4)c4cc(-c6ccc7c(c6)C6(c8ccccc8-c8ccccc86)c6ccccc6-7)ccc4n5-c4ccccc4)cc3)c3ccccc23)cc1. The van der Waals surface area contributed by atoms with Gasteiger partial charge >= 0.3 is 0 Å². The second-order valence-corrected chi connectivity index (χ2v) is 20.7. The molecule has 16 rings (SSSR count). The molecule has 0 atom stereocenters. The Morgan fingerprint density at radius 1 is 0.247 bits per heavy atom. The summed E-state index contributed by atoms with van der Waals surface area (Å²) in [7, 11) is 0. The maximum atomic E-state index is 2.50. The maximum absolute atomic E-state index is 2.50. The number of para-hydroxylation sites is 2. The standard InChI is InChI=1S/C75H48N2/c1-4-20-49(21-5-1)73-61-29-10-12-31-63(61)74(64-32-13-11-30-62(64)73)50-36-40-55(41-37-50)76(53-22-6-2-7-23-53)56-42-45-72-66(48-56)65-46-51(39-44-71(65)77(72)54-24-8-3-9-25-54)52-38-43-60-59-28-16-19-35-69(59)75(70(60)47-52)67-33-17-14-26-57(67)58-27-15-18-34-68(58)75/h1-48H. The normalized spacial score (nSPS) is 12.8. The van der Waals surface area contributed by atoms with Gasteiger partial charge in [0.15, 0.2) is 0 Å². The molecule has 0 fully saturated rings. The highest BCUT2D eigenvalue weighted by Crippen LogP contribution is 2.63. The second kappa shape index (κ2) is 17.0. The van der Waals surface area contributed by atoms with Gasteiger partial charge in [0.2, 0.25) is 0 Å². The van der Waals surface area contributed by atoms with Crippen LogP contribution in [0.3, 0.4) is 0 Å². The number of rotatable bonds is 7. The van der Waals surface area contributed by atoms with Crippen molar-refractivity contribution in [3.8, 4) is 61.3 Å². The molecule has 1 heterocycles. The molecular formula is C75H48N2. The Labute approximate surface area is 447 Å². The Morgan fingerprint density at radius 2 is 0.636 bits per heavy atom. The zero-order valence-corrected chi connectivity index (χ0v) is 42.1. The largest absolute Gasteiger partial charge is 0.310 e. The molecule has 1 spiro atoms. The van der Waals surface area contributed by atoms with E-state index in [1.165, 1.54) is 116 Å². The van der Waals surface area contributed by atoms with Gasteiger partial charge in [-0.15, -0.1) is 0 Å². The molecule has 0 N–H and O–H groups in total. The molecule has 0 bridgehead atoms. The fraction of sp³-hybridized carbons (Fsp3) is 0.0133. The molecule has 2 heteroatoms. The molecule has 14 aromatic rings. The highest BCUT2D eigenvalue weighted by atomic mass is 15.1. The van der Waals surface area contributed by atoms with E-state index in [1.807, 2.05) is 0 Å². The minimum atomic E-state index is -0.412. The summed E-state index contributed by atoms with van der Waals surface area (Å²) < 4.78 is 2.43. The van der Waals surface area contributed by atoms with Gasteiger partial charge in [0.1, 0.15) is 0 Å². The van der Waals surface area contributed by atoms with Crippen LogP contribution in [0.25, 0.3) is 105 Å². The predicted molar refractivity (Wildman–Crippen MR) is 323 cm³/mol. The monoisotopic (exact) mass is 976 g/mol. The first-order valence-electron chi connectivity index (χ1n) is 26.7. The van der Waals surface area contributed by atoms with Crippen molar-refractivity contribution in [2.75, 3.05) is 4.90 Å². The van der Waals surface area contributed by atoms with E-state index in [0.29, 0.717) is 0 Å². The highest BCUT2D eigenvalue weighted by Gasteiger charge is 2.51. The molecule has 0 saturated carbocycles. The van der Waals surface area contributed by atoms with Crippen LogP contribution in [0, 0.1) is 0 Å². The van der Waals surface area contributed by atoms with Crippen molar-refractivity contribution in [1.29, 1.82) is 0 Å². The molecule has 0 unspecified atom stereocenters. The smallest absolute Gasteiger partial charge is 0.0725 e. The van der Waals surface area contributed by atoms with Gasteiger partial charge in [-0.05, 0) is 172 Å². The molecule has 0 amide bonds. The molecule has 1 aromatic heterocycles. The van der Waals surface area contributed by atoms with Crippen LogP contribution in [0.4, 0.5) is 17.1 Å². The van der Waals surface area contributed by atoms with Crippen molar-refractivity contribution in [1.82, 2.24) is 4.57 Å². The Morgan fingerprint density at radius 3 is 1.21 bits per heavy atom. The van der Waals surface area contributed by atoms with Gasteiger partial charge in [0, 0.05) is 33.5 Å². The molecule has 0 radical (unpaired) electrons. The number of benzene rings is 13. The fourth-order valence-corrected chi connectivity index (χ4v) is 13.6. The quantitative estimate of drug-likeness (QED) is 0.145. The van der Waals surface area contributed by atoms with Crippen molar-refractivity contribution in [2.45, 2.75) is 5.41 Å². The number of hydrogen-bond donors (Lipinski definition) is 0. The van der Waals surface area contributed by atoms with Crippen LogP contribution in [0.1, 0.15) is 22.3 Å². The first-order valence-corrected chi connectivity index (χ1v) is 26.7. The topological polar surface area (TPSA) is 8.17 Å². The van der Waals surface area contributed by atoms with Crippen LogP contribution in [-0.2, 0) is 5.41 Å². The zero-order chi connectivity index (χ0) is 50.6. The summed E-state index contributed by atoms with van der Waals surface area (Å²) in [6, 6.07) is 108. The summed E-state index contributed by atoms with van der Waals surface area (Å²) in [5.41, 5.74) is 24.3. The van der Waals surface area contributed by atoms with Gasteiger partial charge in [-0.3, -0.25) is 0 Å². The van der Waals surface area contributed by atoms with Gasteiger partial charge in [-0.25, -0.2) is 0 Å².